The van der Waals surface area contributed by atoms with Crippen molar-refractivity contribution < 1.29 is 9.90 Å². The Bertz CT molecular complexity index is 281. The zero-order valence-corrected chi connectivity index (χ0v) is 17.2. The van der Waals surface area contributed by atoms with E-state index in [2.05, 4.69) is 26.5 Å². The first-order valence-corrected chi connectivity index (χ1v) is 10.2. The zero-order valence-electron chi connectivity index (χ0n) is 14.6. The van der Waals surface area contributed by atoms with Crippen molar-refractivity contribution in [3.05, 3.63) is 0 Å². The Balaban J connectivity index is 0. The van der Waals surface area contributed by atoms with E-state index in [-0.39, 0.29) is 5.92 Å². The summed E-state index contributed by atoms with van der Waals surface area (Å²) in [5, 5.41) is 8.63. The highest BCUT2D eigenvalue weighted by Crippen LogP contribution is 2.21. The molecule has 0 heterocycles. The second kappa shape index (κ2) is 17.6. The molecule has 2 nitrogen and oxygen atoms in total. The quantitative estimate of drug-likeness (QED) is 0.246. The number of thiocarbonyl (C=S) groups is 1. The zero-order chi connectivity index (χ0) is 17.4. The van der Waals surface area contributed by atoms with Gasteiger partial charge in [0.05, 0.1) is 5.92 Å². The van der Waals surface area contributed by atoms with E-state index in [4.69, 9.17) is 17.3 Å². The Labute approximate surface area is 152 Å². The largest absolute Gasteiger partial charge is 0.481 e. The Morgan fingerprint density at radius 2 is 1.45 bits per heavy atom. The monoisotopic (exact) mass is 366 g/mol. The van der Waals surface area contributed by atoms with Crippen molar-refractivity contribution in [2.75, 3.05) is 0 Å². The minimum atomic E-state index is -0.741. The van der Waals surface area contributed by atoms with Crippen LogP contribution in [0.2, 0.25) is 0 Å². The third-order valence-electron chi connectivity index (χ3n) is 3.26. The standard InChI is InChI=1S/C13H26S3.C4H8O2/c1-3-4-5-6-7-8-9-10-11-12(2)16-13(14)15;1-3(2)4(5)6/h12H,3-11H2,1-2H3,(H,14,15);3H,1-2H3,(H,5,6). The Morgan fingerprint density at radius 3 is 1.82 bits per heavy atom. The smallest absolute Gasteiger partial charge is 0.305 e. The molecule has 0 radical (unpaired) electrons. The minimum Gasteiger partial charge on any atom is -0.481 e. The van der Waals surface area contributed by atoms with Gasteiger partial charge in [-0.25, -0.2) is 0 Å². The number of unbranched alkanes of at least 4 members (excludes halogenated alkanes) is 7. The van der Waals surface area contributed by atoms with Crippen LogP contribution in [0.3, 0.4) is 0 Å². The molecule has 0 saturated heterocycles. The van der Waals surface area contributed by atoms with Crippen molar-refractivity contribution in [2.45, 2.75) is 90.7 Å². The van der Waals surface area contributed by atoms with Gasteiger partial charge in [-0.2, -0.15) is 0 Å². The topological polar surface area (TPSA) is 37.3 Å². The molecular weight excluding hydrogens is 332 g/mol. The minimum absolute atomic E-state index is 0.231. The third kappa shape index (κ3) is 22.5. The Hall–Kier alpha value is 0.260. The van der Waals surface area contributed by atoms with Gasteiger partial charge in [0.1, 0.15) is 3.53 Å². The molecule has 0 spiro atoms. The maximum atomic E-state index is 9.70. The van der Waals surface area contributed by atoms with Crippen LogP contribution >= 0.6 is 36.6 Å². The van der Waals surface area contributed by atoms with Crippen LogP contribution in [0.4, 0.5) is 0 Å². The summed E-state index contributed by atoms with van der Waals surface area (Å²) in [4.78, 5) is 9.70. The van der Waals surface area contributed by atoms with E-state index in [1.54, 1.807) is 25.6 Å². The lowest BCUT2D eigenvalue weighted by molar-refractivity contribution is -0.140. The van der Waals surface area contributed by atoms with Gasteiger partial charge in [-0.15, -0.1) is 24.4 Å². The van der Waals surface area contributed by atoms with E-state index < -0.39 is 5.97 Å². The van der Waals surface area contributed by atoms with Gasteiger partial charge in [0.15, 0.2) is 0 Å². The summed E-state index contributed by atoms with van der Waals surface area (Å²) in [5.41, 5.74) is 0. The van der Waals surface area contributed by atoms with Gasteiger partial charge in [-0.3, -0.25) is 4.79 Å². The molecule has 0 fully saturated rings. The maximum absolute atomic E-state index is 9.70. The molecular formula is C17H34O2S3. The van der Waals surface area contributed by atoms with Gasteiger partial charge < -0.3 is 5.11 Å². The number of carboxylic acid groups (broad SMARTS) is 1. The van der Waals surface area contributed by atoms with Crippen molar-refractivity contribution >= 4 is 46.1 Å². The van der Waals surface area contributed by atoms with Gasteiger partial charge in [-0.05, 0) is 6.42 Å². The molecule has 22 heavy (non-hydrogen) atoms. The van der Waals surface area contributed by atoms with Crippen LogP contribution in [-0.2, 0) is 4.79 Å². The second-order valence-corrected chi connectivity index (χ2v) is 9.12. The lowest BCUT2D eigenvalue weighted by atomic mass is 10.1. The molecule has 1 unspecified atom stereocenters. The molecule has 0 aliphatic heterocycles. The fraction of sp³-hybridized carbons (Fsp3) is 0.882. The van der Waals surface area contributed by atoms with Crippen LogP contribution in [0.25, 0.3) is 0 Å². The summed E-state index contributed by atoms with van der Waals surface area (Å²) in [5.74, 6) is -0.972. The highest BCUT2D eigenvalue weighted by molar-refractivity contribution is 8.41. The fourth-order valence-electron chi connectivity index (χ4n) is 1.80. The van der Waals surface area contributed by atoms with E-state index in [0.29, 0.717) is 5.25 Å². The Morgan fingerprint density at radius 1 is 1.05 bits per heavy atom. The molecule has 132 valence electrons. The van der Waals surface area contributed by atoms with E-state index in [1.807, 2.05) is 0 Å². The predicted octanol–water partition coefficient (Wildman–Crippen LogP) is 6.58. The molecule has 1 atom stereocenters. The molecule has 0 saturated carbocycles. The van der Waals surface area contributed by atoms with Crippen molar-refractivity contribution in [2.24, 2.45) is 5.92 Å². The van der Waals surface area contributed by atoms with E-state index in [1.165, 1.54) is 57.8 Å². The number of thioether (sulfide) groups is 1. The molecule has 1 N–H and O–H groups in total. The van der Waals surface area contributed by atoms with Gasteiger partial charge in [0, 0.05) is 5.25 Å². The first-order chi connectivity index (χ1) is 10.3. The number of hydrogen-bond donors (Lipinski definition) is 2. The van der Waals surface area contributed by atoms with Crippen LogP contribution in [-0.4, -0.2) is 19.9 Å². The summed E-state index contributed by atoms with van der Waals surface area (Å²) in [6, 6.07) is 0. The lowest BCUT2D eigenvalue weighted by Gasteiger charge is -2.08. The summed E-state index contributed by atoms with van der Waals surface area (Å²) < 4.78 is 0.784. The predicted molar refractivity (Wildman–Crippen MR) is 108 cm³/mol. The van der Waals surface area contributed by atoms with E-state index >= 15 is 0 Å². The normalized spacial score (nSPS) is 11.7. The van der Waals surface area contributed by atoms with Gasteiger partial charge in [-0.1, -0.05) is 91.3 Å². The highest BCUT2D eigenvalue weighted by atomic mass is 32.2. The molecule has 0 aromatic carbocycles. The summed E-state index contributed by atoms with van der Waals surface area (Å²) in [7, 11) is 0. The average molecular weight is 367 g/mol. The SMILES string of the molecule is CC(C)C(=O)O.CCCCCCCCCCC(C)SC(=S)S. The summed E-state index contributed by atoms with van der Waals surface area (Å²) >= 11 is 10.8. The highest BCUT2D eigenvalue weighted by Gasteiger charge is 2.03. The molecule has 0 aliphatic rings. The van der Waals surface area contributed by atoms with Crippen molar-refractivity contribution in [1.82, 2.24) is 0 Å². The summed E-state index contributed by atoms with van der Waals surface area (Å²) in [6.45, 7) is 7.80. The van der Waals surface area contributed by atoms with Crippen molar-refractivity contribution in [3.8, 4) is 0 Å². The summed E-state index contributed by atoms with van der Waals surface area (Å²) in [6.07, 6.45) is 12.5. The van der Waals surface area contributed by atoms with Crippen molar-refractivity contribution in [3.63, 3.8) is 0 Å². The average Bonchev–Trinajstić information content (AvgIpc) is 2.41. The second-order valence-electron chi connectivity index (χ2n) is 5.95. The Kier molecular flexibility index (Phi) is 19.6. The number of thiol groups is 1. The first kappa shape index (κ1) is 24.5. The first-order valence-electron chi connectivity index (χ1n) is 8.43. The van der Waals surface area contributed by atoms with Gasteiger partial charge in [0.25, 0.3) is 0 Å². The molecule has 5 heteroatoms. The third-order valence-corrected chi connectivity index (χ3v) is 4.70. The molecule has 0 rings (SSSR count). The molecule has 0 aromatic heterocycles. The van der Waals surface area contributed by atoms with Crippen LogP contribution in [0.5, 0.6) is 0 Å². The van der Waals surface area contributed by atoms with Crippen molar-refractivity contribution in [1.29, 1.82) is 0 Å². The number of carboxylic acids is 1. The number of rotatable bonds is 11. The number of hydrogen-bond acceptors (Lipinski definition) is 3. The molecule has 0 bridgehead atoms. The fourth-order valence-corrected chi connectivity index (χ4v) is 3.46. The van der Waals surface area contributed by atoms with Gasteiger partial charge in [0.2, 0.25) is 0 Å². The van der Waals surface area contributed by atoms with Gasteiger partial charge >= 0.3 is 5.97 Å². The maximum Gasteiger partial charge on any atom is 0.305 e. The number of aliphatic carboxylic acids is 1. The lowest BCUT2D eigenvalue weighted by Crippen LogP contribution is -2.03. The molecule has 0 aliphatic carbocycles. The van der Waals surface area contributed by atoms with E-state index in [0.717, 1.165) is 3.53 Å². The van der Waals surface area contributed by atoms with E-state index in [9.17, 15) is 4.79 Å². The van der Waals surface area contributed by atoms with Crippen LogP contribution in [0.15, 0.2) is 0 Å². The number of carbonyl (C=O) groups is 1. The molecule has 0 amide bonds. The van der Waals surface area contributed by atoms with Crippen LogP contribution in [0, 0.1) is 5.92 Å². The van der Waals surface area contributed by atoms with Crippen LogP contribution < -0.4 is 0 Å². The molecule has 0 aromatic rings. The van der Waals surface area contributed by atoms with Crippen LogP contribution in [0.1, 0.15) is 85.5 Å².